The molecule has 0 spiro atoms. The maximum atomic E-state index is 11.8. The summed E-state index contributed by atoms with van der Waals surface area (Å²) in [6, 6.07) is 0.323. The van der Waals surface area contributed by atoms with Crippen LogP contribution in [0.5, 0.6) is 0 Å². The molecule has 0 aromatic carbocycles. The lowest BCUT2D eigenvalue weighted by Crippen LogP contribution is -2.47. The van der Waals surface area contributed by atoms with Gasteiger partial charge in [0.1, 0.15) is 0 Å². The number of nitrogens with two attached hydrogens (primary N) is 1. The summed E-state index contributed by atoms with van der Waals surface area (Å²) >= 11 is 0. The molecule has 2 aliphatic rings. The fraction of sp³-hybridized carbons (Fsp3) is 0.818. The third-order valence-corrected chi connectivity index (χ3v) is 3.71. The number of carbonyl (C=O) groups is 1. The van der Waals surface area contributed by atoms with E-state index in [0.29, 0.717) is 12.0 Å². The monoisotopic (exact) mass is 209 g/mol. The van der Waals surface area contributed by atoms with Gasteiger partial charge in [-0.25, -0.2) is 0 Å². The minimum Gasteiger partial charge on any atom is -0.339 e. The molecule has 0 radical (unpaired) electrons. The maximum Gasteiger partial charge on any atom is 0.261 e. The molecule has 4 heteroatoms. The summed E-state index contributed by atoms with van der Waals surface area (Å²) in [6.45, 7) is 2.01. The first kappa shape index (κ1) is 10.6. The lowest BCUT2D eigenvalue weighted by molar-refractivity contribution is -0.133. The molecule has 0 aromatic heterocycles. The van der Waals surface area contributed by atoms with Gasteiger partial charge in [0.25, 0.3) is 5.91 Å². The first-order valence-corrected chi connectivity index (χ1v) is 5.68. The molecule has 0 bridgehead atoms. The van der Waals surface area contributed by atoms with Crippen LogP contribution in [0.1, 0.15) is 32.6 Å². The van der Waals surface area contributed by atoms with Crippen LogP contribution in [-0.4, -0.2) is 35.8 Å². The topological polar surface area (TPSA) is 58.7 Å². The summed E-state index contributed by atoms with van der Waals surface area (Å²) in [5, 5.41) is 0. The number of likely N-dealkylation sites (N-methyl/N-ethyl adjacent to an activating group) is 1. The largest absolute Gasteiger partial charge is 0.339 e. The predicted octanol–water partition coefficient (Wildman–Crippen LogP) is 0.763. The smallest absolute Gasteiger partial charge is 0.261 e. The van der Waals surface area contributed by atoms with E-state index in [4.69, 9.17) is 5.73 Å². The van der Waals surface area contributed by atoms with Gasteiger partial charge in [0.15, 0.2) is 6.17 Å². The van der Waals surface area contributed by atoms with Crippen molar-refractivity contribution in [3.8, 4) is 0 Å². The van der Waals surface area contributed by atoms with Crippen molar-refractivity contribution in [2.75, 3.05) is 7.05 Å². The van der Waals surface area contributed by atoms with Crippen molar-refractivity contribution >= 4 is 11.6 Å². The van der Waals surface area contributed by atoms with Crippen molar-refractivity contribution in [3.63, 3.8) is 0 Å². The Morgan fingerprint density at radius 3 is 2.80 bits per heavy atom. The zero-order chi connectivity index (χ0) is 11.0. The van der Waals surface area contributed by atoms with E-state index in [1.165, 1.54) is 12.8 Å². The van der Waals surface area contributed by atoms with Gasteiger partial charge in [-0.3, -0.25) is 9.79 Å². The van der Waals surface area contributed by atoms with Crippen LogP contribution in [0.3, 0.4) is 0 Å². The molecule has 1 aliphatic carbocycles. The van der Waals surface area contributed by atoms with Gasteiger partial charge in [-0.05, 0) is 19.8 Å². The highest BCUT2D eigenvalue weighted by Gasteiger charge is 2.36. The lowest BCUT2D eigenvalue weighted by Gasteiger charge is -2.36. The number of aliphatic imine (C=N–C) groups is 1. The second kappa shape index (κ2) is 3.93. The Morgan fingerprint density at radius 1 is 1.40 bits per heavy atom. The molecule has 1 saturated carbocycles. The molecule has 4 nitrogen and oxygen atoms in total. The Morgan fingerprint density at radius 2 is 2.07 bits per heavy atom. The van der Waals surface area contributed by atoms with E-state index in [9.17, 15) is 4.79 Å². The molecule has 0 aromatic rings. The van der Waals surface area contributed by atoms with E-state index in [0.717, 1.165) is 18.6 Å². The molecule has 1 heterocycles. The number of nitrogens with zero attached hydrogens (tertiary/aromatic N) is 2. The van der Waals surface area contributed by atoms with Gasteiger partial charge < -0.3 is 10.6 Å². The zero-order valence-corrected chi connectivity index (χ0v) is 9.44. The number of carbonyl (C=O) groups excluding carboxylic acids is 1. The van der Waals surface area contributed by atoms with E-state index < -0.39 is 6.17 Å². The summed E-state index contributed by atoms with van der Waals surface area (Å²) in [5.41, 5.74) is 6.79. The van der Waals surface area contributed by atoms with Gasteiger partial charge in [0.05, 0.1) is 0 Å². The van der Waals surface area contributed by atoms with E-state index >= 15 is 0 Å². The van der Waals surface area contributed by atoms with Crippen LogP contribution in [0.2, 0.25) is 0 Å². The van der Waals surface area contributed by atoms with Gasteiger partial charge >= 0.3 is 0 Å². The van der Waals surface area contributed by atoms with Crippen LogP contribution >= 0.6 is 0 Å². The standard InChI is InChI=1S/C11H19N3O/c1-7-8-5-3-4-6-9(8)14(2)11(15)10(12)13-7/h8-10H,3-6,12H2,1-2H3. The Kier molecular flexibility index (Phi) is 2.78. The Balaban J connectivity index is 2.31. The molecule has 1 aliphatic heterocycles. The molecular formula is C11H19N3O. The van der Waals surface area contributed by atoms with E-state index in [2.05, 4.69) is 4.99 Å². The van der Waals surface area contributed by atoms with Crippen molar-refractivity contribution in [2.24, 2.45) is 16.6 Å². The van der Waals surface area contributed by atoms with Gasteiger partial charge in [0, 0.05) is 24.7 Å². The molecule has 1 fully saturated rings. The molecule has 1 amide bonds. The predicted molar refractivity (Wildman–Crippen MR) is 59.6 cm³/mol. The molecule has 3 unspecified atom stereocenters. The normalized spacial score (nSPS) is 37.0. The summed E-state index contributed by atoms with van der Waals surface area (Å²) in [6.07, 6.45) is 4.00. The molecule has 2 N–H and O–H groups in total. The minimum atomic E-state index is -0.680. The number of amides is 1. The van der Waals surface area contributed by atoms with Gasteiger partial charge in [-0.2, -0.15) is 0 Å². The summed E-state index contributed by atoms with van der Waals surface area (Å²) in [7, 11) is 1.86. The third kappa shape index (κ3) is 1.78. The van der Waals surface area contributed by atoms with Gasteiger partial charge in [-0.15, -0.1) is 0 Å². The van der Waals surface area contributed by atoms with Crippen molar-refractivity contribution in [2.45, 2.75) is 44.8 Å². The summed E-state index contributed by atoms with van der Waals surface area (Å²) in [4.78, 5) is 17.9. The first-order chi connectivity index (χ1) is 7.11. The quantitative estimate of drug-likeness (QED) is 0.640. The van der Waals surface area contributed by atoms with Crippen LogP contribution in [0.4, 0.5) is 0 Å². The highest BCUT2D eigenvalue weighted by molar-refractivity contribution is 5.92. The number of hydrogen-bond donors (Lipinski definition) is 1. The van der Waals surface area contributed by atoms with Crippen molar-refractivity contribution < 1.29 is 4.79 Å². The van der Waals surface area contributed by atoms with Crippen molar-refractivity contribution in [1.29, 1.82) is 0 Å². The van der Waals surface area contributed by atoms with Crippen LogP contribution in [-0.2, 0) is 4.79 Å². The highest BCUT2D eigenvalue weighted by atomic mass is 16.2. The molecule has 84 valence electrons. The Labute approximate surface area is 90.5 Å². The molecule has 3 atom stereocenters. The number of fused-ring (bicyclic) bond motifs is 1. The van der Waals surface area contributed by atoms with Crippen LogP contribution in [0.25, 0.3) is 0 Å². The van der Waals surface area contributed by atoms with Crippen molar-refractivity contribution in [1.82, 2.24) is 4.90 Å². The molecule has 2 rings (SSSR count). The molecular weight excluding hydrogens is 190 g/mol. The molecule has 15 heavy (non-hydrogen) atoms. The SMILES string of the molecule is CC1=NC(N)C(=O)N(C)C2CCCCC12. The van der Waals surface area contributed by atoms with E-state index in [-0.39, 0.29) is 5.91 Å². The van der Waals surface area contributed by atoms with Crippen LogP contribution < -0.4 is 5.73 Å². The average Bonchev–Trinajstić information content (AvgIpc) is 2.33. The third-order valence-electron chi connectivity index (χ3n) is 3.71. The fourth-order valence-electron chi connectivity index (χ4n) is 2.80. The second-order valence-corrected chi connectivity index (χ2v) is 4.62. The minimum absolute atomic E-state index is 0.0382. The van der Waals surface area contributed by atoms with E-state index in [1.807, 2.05) is 18.9 Å². The van der Waals surface area contributed by atoms with Gasteiger partial charge in [-0.1, -0.05) is 12.8 Å². The number of hydrogen-bond acceptors (Lipinski definition) is 3. The van der Waals surface area contributed by atoms with Crippen molar-refractivity contribution in [3.05, 3.63) is 0 Å². The highest BCUT2D eigenvalue weighted by Crippen LogP contribution is 2.31. The number of rotatable bonds is 0. The summed E-state index contributed by atoms with van der Waals surface area (Å²) < 4.78 is 0. The second-order valence-electron chi connectivity index (χ2n) is 4.62. The van der Waals surface area contributed by atoms with Crippen LogP contribution in [0.15, 0.2) is 4.99 Å². The maximum absolute atomic E-state index is 11.8. The summed E-state index contributed by atoms with van der Waals surface area (Å²) in [5.74, 6) is 0.394. The Hall–Kier alpha value is -0.900. The average molecular weight is 209 g/mol. The first-order valence-electron chi connectivity index (χ1n) is 5.68. The van der Waals surface area contributed by atoms with Crippen LogP contribution in [0, 0.1) is 5.92 Å². The zero-order valence-electron chi connectivity index (χ0n) is 9.44. The lowest BCUT2D eigenvalue weighted by atomic mass is 9.81. The fourth-order valence-corrected chi connectivity index (χ4v) is 2.80. The van der Waals surface area contributed by atoms with E-state index in [1.54, 1.807) is 0 Å². The Bertz CT molecular complexity index is 300. The van der Waals surface area contributed by atoms with Gasteiger partial charge in [0.2, 0.25) is 0 Å². The molecule has 0 saturated heterocycles.